The third kappa shape index (κ3) is 3.79. The third-order valence-corrected chi connectivity index (χ3v) is 5.82. The molecule has 0 unspecified atom stereocenters. The number of hydrogen-bond acceptors (Lipinski definition) is 5. The summed E-state index contributed by atoms with van der Waals surface area (Å²) in [6.45, 7) is 0. The van der Waals surface area contributed by atoms with Gasteiger partial charge in [0.1, 0.15) is 10.7 Å². The SMILES string of the molecule is Cn1nc(-c2ccccc2)cc1-c1sc(C(=O)NC2=C(F)CCC=C2)cc1[N+](=O)[O-]. The van der Waals surface area contributed by atoms with E-state index in [1.807, 2.05) is 30.3 Å². The Morgan fingerprint density at radius 3 is 2.77 bits per heavy atom. The Labute approximate surface area is 175 Å². The van der Waals surface area contributed by atoms with Crippen LogP contribution in [-0.4, -0.2) is 20.6 Å². The molecule has 2 heterocycles. The number of thiophene rings is 1. The van der Waals surface area contributed by atoms with Gasteiger partial charge >= 0.3 is 0 Å². The van der Waals surface area contributed by atoms with E-state index in [-0.39, 0.29) is 22.7 Å². The highest BCUT2D eigenvalue weighted by Gasteiger charge is 2.26. The van der Waals surface area contributed by atoms with Crippen molar-refractivity contribution in [3.8, 4) is 21.8 Å². The molecule has 0 atom stereocenters. The smallest absolute Gasteiger partial charge is 0.290 e. The first-order chi connectivity index (χ1) is 14.4. The minimum absolute atomic E-state index is 0.0933. The maximum Gasteiger partial charge on any atom is 0.290 e. The lowest BCUT2D eigenvalue weighted by atomic mass is 10.1. The molecular weight excluding hydrogens is 407 g/mol. The second kappa shape index (κ2) is 8.03. The van der Waals surface area contributed by atoms with E-state index in [2.05, 4.69) is 10.4 Å². The number of rotatable bonds is 5. The summed E-state index contributed by atoms with van der Waals surface area (Å²) in [7, 11) is 1.69. The van der Waals surface area contributed by atoms with Crippen LogP contribution in [0, 0.1) is 10.1 Å². The average molecular weight is 424 g/mol. The highest BCUT2D eigenvalue weighted by molar-refractivity contribution is 7.18. The standard InChI is InChI=1S/C21H17FN4O3S/c1-25-17(11-16(24-25)13-7-3-2-4-8-13)20-18(26(28)29)12-19(30-20)21(27)23-15-10-6-5-9-14(15)22/h2-4,6-8,10-12H,5,9H2,1H3,(H,23,27). The lowest BCUT2D eigenvalue weighted by Crippen LogP contribution is -2.22. The maximum absolute atomic E-state index is 13.9. The normalized spacial score (nSPS) is 13.5. The van der Waals surface area contributed by atoms with E-state index in [4.69, 9.17) is 0 Å². The first-order valence-electron chi connectivity index (χ1n) is 9.18. The Balaban J connectivity index is 1.70. The van der Waals surface area contributed by atoms with Crippen molar-refractivity contribution in [2.24, 2.45) is 7.05 Å². The second-order valence-corrected chi connectivity index (χ2v) is 7.75. The molecule has 0 saturated heterocycles. The summed E-state index contributed by atoms with van der Waals surface area (Å²) in [4.78, 5) is 24.2. The molecule has 2 aromatic heterocycles. The number of halogens is 1. The number of hydrogen-bond donors (Lipinski definition) is 1. The quantitative estimate of drug-likeness (QED) is 0.462. The van der Waals surface area contributed by atoms with Crippen molar-refractivity contribution in [1.82, 2.24) is 15.1 Å². The first-order valence-corrected chi connectivity index (χ1v) is 10.0. The molecule has 9 heteroatoms. The summed E-state index contributed by atoms with van der Waals surface area (Å²) in [5.41, 5.74) is 1.97. The molecule has 152 valence electrons. The van der Waals surface area contributed by atoms with Crippen molar-refractivity contribution in [1.29, 1.82) is 0 Å². The van der Waals surface area contributed by atoms with Gasteiger partial charge in [-0.25, -0.2) is 4.39 Å². The molecule has 1 N–H and O–H groups in total. The van der Waals surface area contributed by atoms with Crippen molar-refractivity contribution in [3.63, 3.8) is 0 Å². The van der Waals surface area contributed by atoms with Crippen LogP contribution in [-0.2, 0) is 7.05 Å². The maximum atomic E-state index is 13.9. The third-order valence-electron chi connectivity index (χ3n) is 4.67. The largest absolute Gasteiger partial charge is 0.319 e. The number of nitrogens with zero attached hydrogens (tertiary/aromatic N) is 3. The van der Waals surface area contributed by atoms with Crippen molar-refractivity contribution in [3.05, 3.63) is 81.1 Å². The van der Waals surface area contributed by atoms with Crippen LogP contribution in [0.1, 0.15) is 22.5 Å². The summed E-state index contributed by atoms with van der Waals surface area (Å²) < 4.78 is 15.5. The van der Waals surface area contributed by atoms with Gasteiger partial charge in [0.05, 0.1) is 26.9 Å². The predicted octanol–water partition coefficient (Wildman–Crippen LogP) is 4.98. The number of aryl methyl sites for hydroxylation is 1. The fourth-order valence-electron chi connectivity index (χ4n) is 3.17. The van der Waals surface area contributed by atoms with E-state index in [1.165, 1.54) is 12.1 Å². The van der Waals surface area contributed by atoms with Gasteiger partial charge in [-0.2, -0.15) is 5.10 Å². The van der Waals surface area contributed by atoms with Crippen LogP contribution in [0.15, 0.2) is 66.1 Å². The van der Waals surface area contributed by atoms with Crippen molar-refractivity contribution in [2.45, 2.75) is 12.8 Å². The Kier molecular flexibility index (Phi) is 5.28. The van der Waals surface area contributed by atoms with Crippen LogP contribution in [0.25, 0.3) is 21.8 Å². The van der Waals surface area contributed by atoms with Crippen molar-refractivity contribution >= 4 is 22.9 Å². The Hall–Kier alpha value is -3.59. The summed E-state index contributed by atoms with van der Waals surface area (Å²) in [6, 6.07) is 12.4. The molecule has 0 fully saturated rings. The Morgan fingerprint density at radius 2 is 2.07 bits per heavy atom. The van der Waals surface area contributed by atoms with Gasteiger partial charge in [0.25, 0.3) is 11.6 Å². The molecule has 4 rings (SSSR count). The van der Waals surface area contributed by atoms with Crippen molar-refractivity contribution in [2.75, 3.05) is 0 Å². The number of carbonyl (C=O) groups is 1. The number of carbonyl (C=O) groups excluding carboxylic acids is 1. The van der Waals surface area contributed by atoms with Gasteiger partial charge in [-0.3, -0.25) is 19.6 Å². The molecule has 1 aromatic carbocycles. The molecule has 7 nitrogen and oxygen atoms in total. The van der Waals surface area contributed by atoms with Crippen LogP contribution in [0.3, 0.4) is 0 Å². The fraction of sp³-hybridized carbons (Fsp3) is 0.143. The fourth-order valence-corrected chi connectivity index (χ4v) is 4.24. The van der Waals surface area contributed by atoms with E-state index in [0.29, 0.717) is 22.7 Å². The summed E-state index contributed by atoms with van der Waals surface area (Å²) in [6.07, 6.45) is 4.07. The van der Waals surface area contributed by atoms with Crippen LogP contribution in [0.2, 0.25) is 0 Å². The van der Waals surface area contributed by atoms with Crippen LogP contribution in [0.5, 0.6) is 0 Å². The number of benzene rings is 1. The number of nitrogens with one attached hydrogen (secondary N) is 1. The molecule has 0 spiro atoms. The molecule has 1 aliphatic carbocycles. The first kappa shape index (κ1) is 19.7. The summed E-state index contributed by atoms with van der Waals surface area (Å²) >= 11 is 0.978. The number of nitro groups is 1. The second-order valence-electron chi connectivity index (χ2n) is 6.70. The summed E-state index contributed by atoms with van der Waals surface area (Å²) in [5.74, 6) is -0.993. The zero-order valence-corrected chi connectivity index (χ0v) is 16.8. The van der Waals surface area contributed by atoms with Gasteiger partial charge in [0, 0.05) is 25.1 Å². The number of aromatic nitrogens is 2. The molecule has 30 heavy (non-hydrogen) atoms. The van der Waals surface area contributed by atoms with Crippen LogP contribution < -0.4 is 5.32 Å². The Bertz CT molecular complexity index is 1190. The highest BCUT2D eigenvalue weighted by Crippen LogP contribution is 2.39. The van der Waals surface area contributed by atoms with E-state index in [0.717, 1.165) is 16.9 Å². The van der Waals surface area contributed by atoms with Gasteiger partial charge in [-0.1, -0.05) is 36.4 Å². The lowest BCUT2D eigenvalue weighted by molar-refractivity contribution is -0.383. The van der Waals surface area contributed by atoms with E-state index < -0.39 is 16.7 Å². The topological polar surface area (TPSA) is 90.1 Å². The molecule has 1 amide bonds. The molecule has 0 radical (unpaired) electrons. The molecule has 3 aromatic rings. The highest BCUT2D eigenvalue weighted by atomic mass is 32.1. The monoisotopic (exact) mass is 424 g/mol. The zero-order chi connectivity index (χ0) is 21.3. The molecule has 0 aliphatic heterocycles. The minimum atomic E-state index is -0.587. The molecule has 0 saturated carbocycles. The molecule has 0 bridgehead atoms. The van der Waals surface area contributed by atoms with Crippen LogP contribution in [0.4, 0.5) is 10.1 Å². The zero-order valence-electron chi connectivity index (χ0n) is 16.0. The van der Waals surface area contributed by atoms with E-state index >= 15 is 0 Å². The predicted molar refractivity (Wildman–Crippen MR) is 113 cm³/mol. The van der Waals surface area contributed by atoms with E-state index in [1.54, 1.807) is 23.9 Å². The average Bonchev–Trinajstić information content (AvgIpc) is 3.34. The van der Waals surface area contributed by atoms with Crippen molar-refractivity contribution < 1.29 is 14.1 Å². The van der Waals surface area contributed by atoms with Gasteiger partial charge in [-0.15, -0.1) is 11.3 Å². The lowest BCUT2D eigenvalue weighted by Gasteiger charge is -2.10. The number of allylic oxidation sites excluding steroid dienone is 3. The Morgan fingerprint density at radius 1 is 1.30 bits per heavy atom. The molecule has 1 aliphatic rings. The van der Waals surface area contributed by atoms with Gasteiger partial charge in [0.15, 0.2) is 0 Å². The van der Waals surface area contributed by atoms with Crippen LogP contribution >= 0.6 is 11.3 Å². The summed E-state index contributed by atoms with van der Waals surface area (Å²) in [5, 5.41) is 18.6. The molecular formula is C21H17FN4O3S. The van der Waals surface area contributed by atoms with Gasteiger partial charge in [0.2, 0.25) is 0 Å². The van der Waals surface area contributed by atoms with E-state index in [9.17, 15) is 19.3 Å². The number of amides is 1. The van der Waals surface area contributed by atoms with Gasteiger partial charge < -0.3 is 5.32 Å². The van der Waals surface area contributed by atoms with Gasteiger partial charge in [-0.05, 0) is 18.6 Å². The minimum Gasteiger partial charge on any atom is -0.319 e.